The number of benzene rings is 1. The molecule has 0 radical (unpaired) electrons. The standard InChI is InChI=1S/C15H23NO2/c1-17-12-14-5-3-4-13(10-14)11-16-8-6-15(18-2)7-9-16/h3-5,10,15H,6-9,11-12H2,1-2H3. The average Bonchev–Trinajstić information content (AvgIpc) is 2.40. The fraction of sp³-hybridized carbons (Fsp3) is 0.600. The Labute approximate surface area is 110 Å². The minimum absolute atomic E-state index is 0.459. The molecule has 1 fully saturated rings. The van der Waals surface area contributed by atoms with E-state index in [1.807, 2.05) is 7.11 Å². The number of piperidine rings is 1. The Bertz CT molecular complexity index is 359. The van der Waals surface area contributed by atoms with Gasteiger partial charge in [0, 0.05) is 33.9 Å². The van der Waals surface area contributed by atoms with Crippen molar-refractivity contribution in [3.8, 4) is 0 Å². The quantitative estimate of drug-likeness (QED) is 0.800. The molecule has 18 heavy (non-hydrogen) atoms. The number of likely N-dealkylation sites (tertiary alicyclic amines) is 1. The molecule has 0 spiro atoms. The van der Waals surface area contributed by atoms with E-state index in [0.29, 0.717) is 12.7 Å². The highest BCUT2D eigenvalue weighted by atomic mass is 16.5. The molecule has 1 saturated heterocycles. The maximum Gasteiger partial charge on any atom is 0.0713 e. The second kappa shape index (κ2) is 6.88. The van der Waals surface area contributed by atoms with Gasteiger partial charge in [0.2, 0.25) is 0 Å². The number of nitrogens with zero attached hydrogens (tertiary/aromatic N) is 1. The van der Waals surface area contributed by atoms with Gasteiger partial charge in [-0.1, -0.05) is 24.3 Å². The van der Waals surface area contributed by atoms with Crippen LogP contribution in [0.3, 0.4) is 0 Å². The van der Waals surface area contributed by atoms with Crippen LogP contribution in [0.25, 0.3) is 0 Å². The molecule has 0 amide bonds. The van der Waals surface area contributed by atoms with Crippen LogP contribution in [0.15, 0.2) is 24.3 Å². The number of ether oxygens (including phenoxy) is 2. The minimum atomic E-state index is 0.459. The maximum absolute atomic E-state index is 5.40. The van der Waals surface area contributed by atoms with Gasteiger partial charge in [0.05, 0.1) is 12.7 Å². The summed E-state index contributed by atoms with van der Waals surface area (Å²) in [6, 6.07) is 8.67. The molecule has 0 aromatic heterocycles. The van der Waals surface area contributed by atoms with E-state index in [-0.39, 0.29) is 0 Å². The second-order valence-corrected chi connectivity index (χ2v) is 4.96. The molecule has 1 aliphatic heterocycles. The van der Waals surface area contributed by atoms with Gasteiger partial charge in [0.1, 0.15) is 0 Å². The highest BCUT2D eigenvalue weighted by molar-refractivity contribution is 5.23. The Kier molecular flexibility index (Phi) is 5.17. The van der Waals surface area contributed by atoms with Crippen molar-refractivity contribution in [2.24, 2.45) is 0 Å². The Balaban J connectivity index is 1.87. The van der Waals surface area contributed by atoms with Gasteiger partial charge < -0.3 is 9.47 Å². The first kappa shape index (κ1) is 13.5. The van der Waals surface area contributed by atoms with E-state index in [1.54, 1.807) is 7.11 Å². The monoisotopic (exact) mass is 249 g/mol. The molecular formula is C15H23NO2. The highest BCUT2D eigenvalue weighted by Gasteiger charge is 2.18. The van der Waals surface area contributed by atoms with Gasteiger partial charge in [-0.05, 0) is 24.0 Å². The maximum atomic E-state index is 5.40. The van der Waals surface area contributed by atoms with Crippen LogP contribution in [-0.2, 0) is 22.6 Å². The summed E-state index contributed by atoms with van der Waals surface area (Å²) in [4.78, 5) is 2.50. The summed E-state index contributed by atoms with van der Waals surface area (Å²) in [6.45, 7) is 3.99. The summed E-state index contributed by atoms with van der Waals surface area (Å²) in [5, 5.41) is 0. The molecule has 0 saturated carbocycles. The molecule has 0 aliphatic carbocycles. The van der Waals surface area contributed by atoms with E-state index >= 15 is 0 Å². The van der Waals surface area contributed by atoms with E-state index in [4.69, 9.17) is 9.47 Å². The fourth-order valence-corrected chi connectivity index (χ4v) is 2.55. The van der Waals surface area contributed by atoms with Crippen LogP contribution in [0.1, 0.15) is 24.0 Å². The number of rotatable bonds is 5. The van der Waals surface area contributed by atoms with Gasteiger partial charge in [-0.15, -0.1) is 0 Å². The molecule has 0 unspecified atom stereocenters. The molecule has 0 N–H and O–H groups in total. The predicted molar refractivity (Wildman–Crippen MR) is 72.5 cm³/mol. The van der Waals surface area contributed by atoms with Gasteiger partial charge in [-0.3, -0.25) is 4.90 Å². The number of hydrogen-bond acceptors (Lipinski definition) is 3. The fourth-order valence-electron chi connectivity index (χ4n) is 2.55. The van der Waals surface area contributed by atoms with E-state index in [0.717, 1.165) is 32.5 Å². The van der Waals surface area contributed by atoms with E-state index in [9.17, 15) is 0 Å². The van der Waals surface area contributed by atoms with Gasteiger partial charge in [0.15, 0.2) is 0 Å². The molecule has 100 valence electrons. The predicted octanol–water partition coefficient (Wildman–Crippen LogP) is 2.44. The molecule has 1 aromatic carbocycles. The summed E-state index contributed by atoms with van der Waals surface area (Å²) in [6.07, 6.45) is 2.75. The third-order valence-corrected chi connectivity index (χ3v) is 3.58. The lowest BCUT2D eigenvalue weighted by Crippen LogP contribution is -2.36. The van der Waals surface area contributed by atoms with Gasteiger partial charge in [-0.25, -0.2) is 0 Å². The van der Waals surface area contributed by atoms with Crippen molar-refractivity contribution in [1.29, 1.82) is 0 Å². The lowest BCUT2D eigenvalue weighted by atomic mass is 10.1. The van der Waals surface area contributed by atoms with Gasteiger partial charge in [-0.2, -0.15) is 0 Å². The summed E-state index contributed by atoms with van der Waals surface area (Å²) in [7, 11) is 3.55. The first-order chi connectivity index (χ1) is 8.81. The van der Waals surface area contributed by atoms with Crippen molar-refractivity contribution in [1.82, 2.24) is 4.90 Å². The van der Waals surface area contributed by atoms with Crippen molar-refractivity contribution < 1.29 is 9.47 Å². The second-order valence-electron chi connectivity index (χ2n) is 4.96. The molecule has 0 atom stereocenters. The first-order valence-corrected chi connectivity index (χ1v) is 6.63. The van der Waals surface area contributed by atoms with Crippen molar-refractivity contribution in [3.63, 3.8) is 0 Å². The van der Waals surface area contributed by atoms with Crippen LogP contribution in [0.2, 0.25) is 0 Å². The third-order valence-electron chi connectivity index (χ3n) is 3.58. The summed E-state index contributed by atoms with van der Waals surface area (Å²) < 4.78 is 10.6. The van der Waals surface area contributed by atoms with E-state index in [2.05, 4.69) is 29.2 Å². The Morgan fingerprint density at radius 3 is 2.56 bits per heavy atom. The average molecular weight is 249 g/mol. The molecule has 1 aliphatic rings. The molecule has 0 bridgehead atoms. The van der Waals surface area contributed by atoms with Crippen LogP contribution in [0.5, 0.6) is 0 Å². The van der Waals surface area contributed by atoms with Gasteiger partial charge in [0.25, 0.3) is 0 Å². The molecule has 3 heteroatoms. The molecule has 2 rings (SSSR count). The van der Waals surface area contributed by atoms with Crippen LogP contribution in [0, 0.1) is 0 Å². The smallest absolute Gasteiger partial charge is 0.0713 e. The zero-order valence-corrected chi connectivity index (χ0v) is 11.4. The SMILES string of the molecule is COCc1cccc(CN2CCC(OC)CC2)c1. The number of hydrogen-bond donors (Lipinski definition) is 0. The van der Waals surface area contributed by atoms with Gasteiger partial charge >= 0.3 is 0 Å². The lowest BCUT2D eigenvalue weighted by Gasteiger charge is -2.31. The Hall–Kier alpha value is -0.900. The van der Waals surface area contributed by atoms with Crippen LogP contribution < -0.4 is 0 Å². The zero-order valence-electron chi connectivity index (χ0n) is 11.4. The summed E-state index contributed by atoms with van der Waals surface area (Å²) in [5.41, 5.74) is 2.63. The summed E-state index contributed by atoms with van der Waals surface area (Å²) >= 11 is 0. The normalized spacial score (nSPS) is 18.1. The highest BCUT2D eigenvalue weighted by Crippen LogP contribution is 2.16. The van der Waals surface area contributed by atoms with Crippen molar-refractivity contribution >= 4 is 0 Å². The minimum Gasteiger partial charge on any atom is -0.381 e. The van der Waals surface area contributed by atoms with Crippen LogP contribution >= 0.6 is 0 Å². The Morgan fingerprint density at radius 2 is 1.89 bits per heavy atom. The topological polar surface area (TPSA) is 21.7 Å². The third kappa shape index (κ3) is 3.80. The van der Waals surface area contributed by atoms with Crippen molar-refractivity contribution in [3.05, 3.63) is 35.4 Å². The molecular weight excluding hydrogens is 226 g/mol. The van der Waals surface area contributed by atoms with E-state index < -0.39 is 0 Å². The first-order valence-electron chi connectivity index (χ1n) is 6.63. The van der Waals surface area contributed by atoms with E-state index in [1.165, 1.54) is 11.1 Å². The largest absolute Gasteiger partial charge is 0.381 e. The molecule has 1 heterocycles. The lowest BCUT2D eigenvalue weighted by molar-refractivity contribution is 0.0388. The molecule has 1 aromatic rings. The summed E-state index contributed by atoms with van der Waals surface area (Å²) in [5.74, 6) is 0. The molecule has 3 nitrogen and oxygen atoms in total. The van der Waals surface area contributed by atoms with Crippen molar-refractivity contribution in [2.45, 2.75) is 32.1 Å². The van der Waals surface area contributed by atoms with Crippen LogP contribution in [0.4, 0.5) is 0 Å². The van der Waals surface area contributed by atoms with Crippen LogP contribution in [-0.4, -0.2) is 38.3 Å². The Morgan fingerprint density at radius 1 is 1.17 bits per heavy atom. The number of methoxy groups -OCH3 is 2. The van der Waals surface area contributed by atoms with Crippen molar-refractivity contribution in [2.75, 3.05) is 27.3 Å². The zero-order chi connectivity index (χ0) is 12.8.